The minimum absolute atomic E-state index is 0.121. The van der Waals surface area contributed by atoms with Crippen molar-refractivity contribution in [2.45, 2.75) is 32.9 Å². The Kier molecular flexibility index (Phi) is 5.86. The molecule has 0 saturated carbocycles. The van der Waals surface area contributed by atoms with Crippen LogP contribution in [0.3, 0.4) is 0 Å². The molecule has 0 bridgehead atoms. The van der Waals surface area contributed by atoms with E-state index in [4.69, 9.17) is 4.74 Å². The van der Waals surface area contributed by atoms with Crippen molar-refractivity contribution in [3.63, 3.8) is 0 Å². The monoisotopic (exact) mass is 420 g/mol. The standard InChI is InChI=1S/C24H24N2O3S/c1-3-13-26(16(2)23(27)25-18-9-5-4-6-10-18)24(28)21-14-17-15-29-20-12-8-7-11-19(20)22(17)30-21/h4-12,14,16H,3,13,15H2,1-2H3,(H,25,27). The third-order valence-corrected chi connectivity index (χ3v) is 6.35. The molecular weight excluding hydrogens is 396 g/mol. The van der Waals surface area contributed by atoms with Gasteiger partial charge in [-0.2, -0.15) is 0 Å². The average Bonchev–Trinajstić information content (AvgIpc) is 3.22. The van der Waals surface area contributed by atoms with E-state index >= 15 is 0 Å². The molecule has 0 aliphatic carbocycles. The molecule has 6 heteroatoms. The first kappa shape index (κ1) is 20.2. The SMILES string of the molecule is CCCN(C(=O)c1cc2c(s1)-c1ccccc1OC2)C(C)C(=O)Nc1ccccc1. The fourth-order valence-electron chi connectivity index (χ4n) is 3.57. The number of amides is 2. The highest BCUT2D eigenvalue weighted by molar-refractivity contribution is 7.17. The van der Waals surface area contributed by atoms with Gasteiger partial charge in [-0.1, -0.05) is 37.3 Å². The van der Waals surface area contributed by atoms with Gasteiger partial charge in [0.15, 0.2) is 0 Å². The first-order valence-corrected chi connectivity index (χ1v) is 10.9. The molecule has 3 aromatic rings. The Morgan fingerprint density at radius 2 is 1.87 bits per heavy atom. The number of carbonyl (C=O) groups excluding carboxylic acids is 2. The zero-order chi connectivity index (χ0) is 21.1. The number of anilines is 1. The van der Waals surface area contributed by atoms with E-state index in [1.54, 1.807) is 11.8 Å². The highest BCUT2D eigenvalue weighted by Gasteiger charge is 2.29. The van der Waals surface area contributed by atoms with Crippen molar-refractivity contribution in [1.82, 2.24) is 4.90 Å². The molecule has 2 amide bonds. The van der Waals surface area contributed by atoms with E-state index < -0.39 is 6.04 Å². The second-order valence-electron chi connectivity index (χ2n) is 7.28. The van der Waals surface area contributed by atoms with E-state index in [2.05, 4.69) is 5.32 Å². The lowest BCUT2D eigenvalue weighted by Gasteiger charge is -2.27. The summed E-state index contributed by atoms with van der Waals surface area (Å²) in [5, 5.41) is 2.90. The summed E-state index contributed by atoms with van der Waals surface area (Å²) in [6.07, 6.45) is 0.770. The zero-order valence-electron chi connectivity index (χ0n) is 17.1. The van der Waals surface area contributed by atoms with Gasteiger partial charge in [0.25, 0.3) is 5.91 Å². The number of carbonyl (C=O) groups is 2. The van der Waals surface area contributed by atoms with Crippen LogP contribution >= 0.6 is 11.3 Å². The van der Waals surface area contributed by atoms with E-state index in [9.17, 15) is 9.59 Å². The minimum Gasteiger partial charge on any atom is -0.488 e. The summed E-state index contributed by atoms with van der Waals surface area (Å²) < 4.78 is 5.82. The summed E-state index contributed by atoms with van der Waals surface area (Å²) in [6, 6.07) is 18.5. The molecule has 1 N–H and O–H groups in total. The molecule has 1 atom stereocenters. The van der Waals surface area contributed by atoms with E-state index in [0.717, 1.165) is 33.9 Å². The van der Waals surface area contributed by atoms with Crippen molar-refractivity contribution in [1.29, 1.82) is 0 Å². The van der Waals surface area contributed by atoms with Crippen molar-refractivity contribution in [3.8, 4) is 16.2 Å². The normalized spacial score (nSPS) is 12.9. The number of hydrogen-bond acceptors (Lipinski definition) is 4. The fourth-order valence-corrected chi connectivity index (χ4v) is 4.72. The van der Waals surface area contributed by atoms with Crippen LogP contribution in [0.4, 0.5) is 5.69 Å². The van der Waals surface area contributed by atoms with Gasteiger partial charge < -0.3 is 15.0 Å². The fraction of sp³-hybridized carbons (Fsp3) is 0.250. The molecule has 1 aliphatic heterocycles. The van der Waals surface area contributed by atoms with Gasteiger partial charge in [-0.3, -0.25) is 9.59 Å². The number of hydrogen-bond donors (Lipinski definition) is 1. The Hall–Kier alpha value is -3.12. The van der Waals surface area contributed by atoms with E-state index in [1.807, 2.05) is 67.6 Å². The molecule has 154 valence electrons. The summed E-state index contributed by atoms with van der Waals surface area (Å²) in [4.78, 5) is 29.5. The van der Waals surface area contributed by atoms with Crippen LogP contribution in [0.1, 0.15) is 35.5 Å². The maximum absolute atomic E-state index is 13.4. The van der Waals surface area contributed by atoms with Crippen molar-refractivity contribution >= 4 is 28.8 Å². The zero-order valence-corrected chi connectivity index (χ0v) is 17.9. The molecule has 0 radical (unpaired) electrons. The Morgan fingerprint density at radius 3 is 2.63 bits per heavy atom. The molecule has 5 nitrogen and oxygen atoms in total. The Morgan fingerprint density at radius 1 is 1.13 bits per heavy atom. The van der Waals surface area contributed by atoms with Crippen LogP contribution in [0.25, 0.3) is 10.4 Å². The second-order valence-corrected chi connectivity index (χ2v) is 8.33. The van der Waals surface area contributed by atoms with Crippen LogP contribution in [-0.2, 0) is 11.4 Å². The molecule has 1 unspecified atom stereocenters. The van der Waals surface area contributed by atoms with Gasteiger partial charge >= 0.3 is 0 Å². The van der Waals surface area contributed by atoms with E-state index in [0.29, 0.717) is 18.0 Å². The first-order chi connectivity index (χ1) is 14.6. The van der Waals surface area contributed by atoms with Crippen molar-refractivity contribution in [2.75, 3.05) is 11.9 Å². The lowest BCUT2D eigenvalue weighted by Crippen LogP contribution is -2.45. The summed E-state index contributed by atoms with van der Waals surface area (Å²) in [6.45, 7) is 4.75. The maximum atomic E-state index is 13.4. The molecule has 2 aromatic carbocycles. The van der Waals surface area contributed by atoms with Gasteiger partial charge in [0, 0.05) is 28.2 Å². The molecule has 1 aliphatic rings. The van der Waals surface area contributed by atoms with Gasteiger partial charge in [0.05, 0.1) is 4.88 Å². The molecule has 0 fully saturated rings. The third kappa shape index (κ3) is 3.96. The number of benzene rings is 2. The van der Waals surface area contributed by atoms with Crippen molar-refractivity contribution in [2.24, 2.45) is 0 Å². The molecule has 0 spiro atoms. The number of nitrogens with one attached hydrogen (secondary N) is 1. The predicted molar refractivity (Wildman–Crippen MR) is 120 cm³/mol. The van der Waals surface area contributed by atoms with Gasteiger partial charge in [0.1, 0.15) is 18.4 Å². The Labute approximate surface area is 180 Å². The highest BCUT2D eigenvalue weighted by atomic mass is 32.1. The Balaban J connectivity index is 1.57. The largest absolute Gasteiger partial charge is 0.488 e. The number of fused-ring (bicyclic) bond motifs is 3. The van der Waals surface area contributed by atoms with E-state index in [1.165, 1.54) is 11.3 Å². The molecule has 0 saturated heterocycles. The van der Waals surface area contributed by atoms with Crippen LogP contribution in [0.5, 0.6) is 5.75 Å². The first-order valence-electron chi connectivity index (χ1n) is 10.1. The van der Waals surface area contributed by atoms with Crippen LogP contribution in [0.15, 0.2) is 60.7 Å². The summed E-state index contributed by atoms with van der Waals surface area (Å²) in [5.74, 6) is 0.523. The second kappa shape index (κ2) is 8.71. The minimum atomic E-state index is -0.583. The lowest BCUT2D eigenvalue weighted by molar-refractivity contribution is -0.120. The van der Waals surface area contributed by atoms with Gasteiger partial charge in [-0.05, 0) is 43.7 Å². The highest BCUT2D eigenvalue weighted by Crippen LogP contribution is 2.42. The average molecular weight is 421 g/mol. The Bertz CT molecular complexity index is 1060. The predicted octanol–water partition coefficient (Wildman–Crippen LogP) is 5.19. The molecule has 4 rings (SSSR count). The number of nitrogens with zero attached hydrogens (tertiary/aromatic N) is 1. The number of para-hydroxylation sites is 2. The smallest absolute Gasteiger partial charge is 0.264 e. The van der Waals surface area contributed by atoms with Crippen molar-refractivity contribution < 1.29 is 14.3 Å². The van der Waals surface area contributed by atoms with Crippen LogP contribution in [0, 0.1) is 0 Å². The van der Waals surface area contributed by atoms with Crippen LogP contribution < -0.4 is 10.1 Å². The van der Waals surface area contributed by atoms with Gasteiger partial charge in [-0.25, -0.2) is 0 Å². The van der Waals surface area contributed by atoms with Crippen LogP contribution in [0.2, 0.25) is 0 Å². The summed E-state index contributed by atoms with van der Waals surface area (Å²) in [7, 11) is 0. The third-order valence-electron chi connectivity index (χ3n) is 5.15. The molecule has 1 aromatic heterocycles. The molecule has 2 heterocycles. The number of thiophene rings is 1. The van der Waals surface area contributed by atoms with Gasteiger partial charge in [0.2, 0.25) is 5.91 Å². The summed E-state index contributed by atoms with van der Waals surface area (Å²) >= 11 is 1.47. The summed E-state index contributed by atoms with van der Waals surface area (Å²) in [5.41, 5.74) is 2.75. The molecular formula is C24H24N2O3S. The number of rotatable bonds is 6. The number of ether oxygens (including phenoxy) is 1. The lowest BCUT2D eigenvalue weighted by atomic mass is 10.1. The topological polar surface area (TPSA) is 58.6 Å². The maximum Gasteiger partial charge on any atom is 0.264 e. The van der Waals surface area contributed by atoms with E-state index in [-0.39, 0.29) is 11.8 Å². The van der Waals surface area contributed by atoms with Crippen LogP contribution in [-0.4, -0.2) is 29.3 Å². The van der Waals surface area contributed by atoms with Crippen molar-refractivity contribution in [3.05, 3.63) is 71.1 Å². The van der Waals surface area contributed by atoms with Gasteiger partial charge in [-0.15, -0.1) is 11.3 Å². The molecule has 30 heavy (non-hydrogen) atoms. The quantitative estimate of drug-likeness (QED) is 0.597.